The highest BCUT2D eigenvalue weighted by molar-refractivity contribution is 5.36. The molecule has 6 nitrogen and oxygen atoms in total. The number of aromatic nitrogens is 3. The van der Waals surface area contributed by atoms with Gasteiger partial charge in [0.25, 0.3) is 0 Å². The number of methoxy groups -OCH3 is 1. The second kappa shape index (κ2) is 5.91. The topological polar surface area (TPSA) is 63.2 Å². The van der Waals surface area contributed by atoms with E-state index in [2.05, 4.69) is 34.1 Å². The molecule has 0 spiro atoms. The van der Waals surface area contributed by atoms with Gasteiger partial charge in [0, 0.05) is 33.7 Å². The summed E-state index contributed by atoms with van der Waals surface area (Å²) in [6, 6.07) is 0. The summed E-state index contributed by atoms with van der Waals surface area (Å²) in [6.45, 7) is 4.92. The van der Waals surface area contributed by atoms with Crippen molar-refractivity contribution in [3.05, 3.63) is 5.82 Å². The van der Waals surface area contributed by atoms with Crippen molar-refractivity contribution in [1.82, 2.24) is 15.0 Å². The van der Waals surface area contributed by atoms with Crippen LogP contribution in [0, 0.1) is 0 Å². The lowest BCUT2D eigenvalue weighted by Gasteiger charge is -2.40. The second-order valence-electron chi connectivity index (χ2n) is 5.96. The van der Waals surface area contributed by atoms with Crippen molar-refractivity contribution in [2.75, 3.05) is 38.0 Å². The Hall–Kier alpha value is -1.43. The summed E-state index contributed by atoms with van der Waals surface area (Å²) in [6.07, 6.45) is 3.42. The number of rotatable bonds is 6. The van der Waals surface area contributed by atoms with E-state index < -0.39 is 0 Å². The van der Waals surface area contributed by atoms with Crippen LogP contribution in [0.5, 0.6) is 0 Å². The van der Waals surface area contributed by atoms with Crippen molar-refractivity contribution < 1.29 is 4.74 Å². The quantitative estimate of drug-likeness (QED) is 0.860. The molecule has 1 aliphatic rings. The summed E-state index contributed by atoms with van der Waals surface area (Å²) in [5, 5.41) is 3.32. The zero-order valence-electron chi connectivity index (χ0n) is 13.1. The third-order valence-electron chi connectivity index (χ3n) is 3.82. The molecule has 0 atom stereocenters. The number of hydrogen-bond acceptors (Lipinski definition) is 6. The highest BCUT2D eigenvalue weighted by Crippen LogP contribution is 2.34. The van der Waals surface area contributed by atoms with Crippen LogP contribution in [0.15, 0.2) is 0 Å². The average Bonchev–Trinajstić information content (AvgIpc) is 2.37. The van der Waals surface area contributed by atoms with Gasteiger partial charge in [-0.05, 0) is 19.3 Å². The number of hydrogen-bond donors (Lipinski definition) is 1. The van der Waals surface area contributed by atoms with Crippen molar-refractivity contribution in [2.45, 2.75) is 44.6 Å². The molecule has 0 saturated heterocycles. The van der Waals surface area contributed by atoms with Crippen molar-refractivity contribution in [3.8, 4) is 0 Å². The third kappa shape index (κ3) is 3.17. The first-order chi connectivity index (χ1) is 9.46. The summed E-state index contributed by atoms with van der Waals surface area (Å²) in [5.41, 5.74) is -0.0388. The fraction of sp³-hybridized carbons (Fsp3) is 0.786. The maximum Gasteiger partial charge on any atom is 0.229 e. The fourth-order valence-corrected chi connectivity index (χ4v) is 2.18. The molecule has 0 radical (unpaired) electrons. The zero-order chi connectivity index (χ0) is 14.8. The predicted molar refractivity (Wildman–Crippen MR) is 80.3 cm³/mol. The van der Waals surface area contributed by atoms with E-state index in [0.717, 1.165) is 25.2 Å². The van der Waals surface area contributed by atoms with Crippen LogP contribution in [0.4, 0.5) is 11.9 Å². The van der Waals surface area contributed by atoms with E-state index in [0.29, 0.717) is 11.9 Å². The molecule has 20 heavy (non-hydrogen) atoms. The zero-order valence-corrected chi connectivity index (χ0v) is 13.1. The van der Waals surface area contributed by atoms with Gasteiger partial charge in [0.2, 0.25) is 11.9 Å². The first kappa shape index (κ1) is 15.0. The first-order valence-electron chi connectivity index (χ1n) is 7.18. The van der Waals surface area contributed by atoms with Gasteiger partial charge < -0.3 is 15.0 Å². The van der Waals surface area contributed by atoms with Crippen molar-refractivity contribution in [3.63, 3.8) is 0 Å². The Morgan fingerprint density at radius 2 is 1.95 bits per heavy atom. The van der Waals surface area contributed by atoms with Gasteiger partial charge in [-0.1, -0.05) is 13.8 Å². The van der Waals surface area contributed by atoms with Crippen LogP contribution < -0.4 is 10.2 Å². The van der Waals surface area contributed by atoms with Gasteiger partial charge in [-0.15, -0.1) is 0 Å². The third-order valence-corrected chi connectivity index (χ3v) is 3.82. The van der Waals surface area contributed by atoms with E-state index in [1.165, 1.54) is 6.42 Å². The summed E-state index contributed by atoms with van der Waals surface area (Å²) in [7, 11) is 5.65. The molecule has 1 aromatic rings. The van der Waals surface area contributed by atoms with Gasteiger partial charge in [0.05, 0.1) is 5.60 Å². The molecular weight excluding hydrogens is 254 g/mol. The average molecular weight is 279 g/mol. The normalized spacial score (nSPS) is 16.9. The first-order valence-corrected chi connectivity index (χ1v) is 7.18. The summed E-state index contributed by atoms with van der Waals surface area (Å²) in [4.78, 5) is 15.3. The molecule has 0 bridgehead atoms. The Morgan fingerprint density at radius 1 is 1.25 bits per heavy atom. The number of nitrogens with one attached hydrogen (secondary N) is 1. The van der Waals surface area contributed by atoms with Crippen molar-refractivity contribution in [1.29, 1.82) is 0 Å². The molecule has 6 heteroatoms. The highest BCUT2D eigenvalue weighted by atomic mass is 16.5. The van der Waals surface area contributed by atoms with Crippen LogP contribution in [0.3, 0.4) is 0 Å². The summed E-state index contributed by atoms with van der Waals surface area (Å²) < 4.78 is 5.61. The number of ether oxygens (including phenoxy) is 1. The van der Waals surface area contributed by atoms with E-state index in [1.54, 1.807) is 7.11 Å². The Balaban J connectivity index is 2.13. The SMILES string of the molecule is COC1(CNc2nc(C(C)C)nc(N(C)C)n2)CCC1. The molecule has 1 heterocycles. The second-order valence-corrected chi connectivity index (χ2v) is 5.96. The van der Waals surface area contributed by atoms with Gasteiger partial charge in [-0.3, -0.25) is 0 Å². The number of anilines is 2. The van der Waals surface area contributed by atoms with Crippen LogP contribution in [0.1, 0.15) is 44.9 Å². The smallest absolute Gasteiger partial charge is 0.229 e. The van der Waals surface area contributed by atoms with Crippen molar-refractivity contribution >= 4 is 11.9 Å². The molecular formula is C14H25N5O. The molecule has 1 N–H and O–H groups in total. The molecule has 1 saturated carbocycles. The van der Waals surface area contributed by atoms with Gasteiger partial charge in [0.15, 0.2) is 0 Å². The van der Waals surface area contributed by atoms with E-state index in [1.807, 2.05) is 19.0 Å². The van der Waals surface area contributed by atoms with Crippen LogP contribution in [0.2, 0.25) is 0 Å². The molecule has 1 aliphatic carbocycles. The summed E-state index contributed by atoms with van der Waals surface area (Å²) in [5.74, 6) is 2.41. The van der Waals surface area contributed by atoms with Gasteiger partial charge >= 0.3 is 0 Å². The molecule has 0 aliphatic heterocycles. The minimum absolute atomic E-state index is 0.0388. The highest BCUT2D eigenvalue weighted by Gasteiger charge is 2.37. The molecule has 1 fully saturated rings. The maximum absolute atomic E-state index is 5.61. The van der Waals surface area contributed by atoms with Crippen molar-refractivity contribution in [2.24, 2.45) is 0 Å². The lowest BCUT2D eigenvalue weighted by Crippen LogP contribution is -2.45. The van der Waals surface area contributed by atoms with Gasteiger partial charge in [-0.25, -0.2) is 0 Å². The standard InChI is InChI=1S/C14H25N5O/c1-10(2)11-16-12(18-13(17-11)19(3)4)15-9-14(20-5)7-6-8-14/h10H,6-9H2,1-5H3,(H,15,16,17,18). The predicted octanol–water partition coefficient (Wildman–Crippen LogP) is 2.04. The summed E-state index contributed by atoms with van der Waals surface area (Å²) >= 11 is 0. The Morgan fingerprint density at radius 3 is 2.40 bits per heavy atom. The molecule has 0 aromatic carbocycles. The molecule has 0 unspecified atom stereocenters. The largest absolute Gasteiger partial charge is 0.376 e. The molecule has 0 amide bonds. The van der Waals surface area contributed by atoms with Crippen LogP contribution in [-0.4, -0.2) is 48.3 Å². The molecule has 2 rings (SSSR count). The Bertz CT molecular complexity index is 425. The molecule has 112 valence electrons. The van der Waals surface area contributed by atoms with E-state index in [9.17, 15) is 0 Å². The fourth-order valence-electron chi connectivity index (χ4n) is 2.18. The van der Waals surface area contributed by atoms with Gasteiger partial charge in [0.1, 0.15) is 5.82 Å². The minimum atomic E-state index is -0.0388. The minimum Gasteiger partial charge on any atom is -0.376 e. The van der Waals surface area contributed by atoms with Crippen LogP contribution in [0.25, 0.3) is 0 Å². The van der Waals surface area contributed by atoms with E-state index >= 15 is 0 Å². The monoisotopic (exact) mass is 279 g/mol. The van der Waals surface area contributed by atoms with Gasteiger partial charge in [-0.2, -0.15) is 15.0 Å². The van der Waals surface area contributed by atoms with E-state index in [-0.39, 0.29) is 11.5 Å². The Kier molecular flexibility index (Phi) is 4.42. The Labute approximate surface area is 121 Å². The number of nitrogens with zero attached hydrogens (tertiary/aromatic N) is 4. The van der Waals surface area contributed by atoms with E-state index in [4.69, 9.17) is 4.74 Å². The maximum atomic E-state index is 5.61. The molecule has 1 aromatic heterocycles. The lowest BCUT2D eigenvalue weighted by atomic mass is 9.80. The van der Waals surface area contributed by atoms with Crippen LogP contribution in [-0.2, 0) is 4.74 Å². The lowest BCUT2D eigenvalue weighted by molar-refractivity contribution is -0.0602. The van der Waals surface area contributed by atoms with Crippen LogP contribution >= 0.6 is 0 Å².